The van der Waals surface area contributed by atoms with Crippen molar-refractivity contribution in [2.45, 2.75) is 20.4 Å². The van der Waals surface area contributed by atoms with E-state index in [1.54, 1.807) is 11.3 Å². The molecule has 0 atom stereocenters. The van der Waals surface area contributed by atoms with E-state index in [0.29, 0.717) is 5.82 Å². The SMILES string of the molecule is CCN(Cc1cccs1)c1nc(C)[nH]c1N. The van der Waals surface area contributed by atoms with E-state index < -0.39 is 0 Å². The Hall–Kier alpha value is -1.49. The van der Waals surface area contributed by atoms with E-state index in [4.69, 9.17) is 5.73 Å². The summed E-state index contributed by atoms with van der Waals surface area (Å²) in [5, 5.41) is 2.09. The number of nitrogens with zero attached hydrogens (tertiary/aromatic N) is 2. The smallest absolute Gasteiger partial charge is 0.171 e. The predicted octanol–water partition coefficient (Wildman–Crippen LogP) is 2.39. The van der Waals surface area contributed by atoms with Crippen molar-refractivity contribution in [3.05, 3.63) is 28.2 Å². The van der Waals surface area contributed by atoms with E-state index in [9.17, 15) is 0 Å². The second kappa shape index (κ2) is 4.57. The number of imidazole rings is 1. The van der Waals surface area contributed by atoms with Gasteiger partial charge in [0.15, 0.2) is 5.82 Å². The largest absolute Gasteiger partial charge is 0.382 e. The molecule has 2 aromatic rings. The van der Waals surface area contributed by atoms with E-state index in [1.165, 1.54) is 4.88 Å². The molecule has 0 aromatic carbocycles. The van der Waals surface area contributed by atoms with Crippen LogP contribution in [0, 0.1) is 6.92 Å². The third kappa shape index (κ3) is 2.19. The Morgan fingerprint density at radius 2 is 2.38 bits per heavy atom. The van der Waals surface area contributed by atoms with E-state index in [1.807, 2.05) is 6.92 Å². The molecule has 0 saturated heterocycles. The molecule has 0 aliphatic rings. The number of thiophene rings is 1. The van der Waals surface area contributed by atoms with Crippen molar-refractivity contribution in [1.82, 2.24) is 9.97 Å². The molecule has 2 aromatic heterocycles. The van der Waals surface area contributed by atoms with Gasteiger partial charge < -0.3 is 15.6 Å². The van der Waals surface area contributed by atoms with Crippen LogP contribution in [-0.2, 0) is 6.54 Å². The van der Waals surface area contributed by atoms with E-state index in [-0.39, 0.29) is 0 Å². The summed E-state index contributed by atoms with van der Waals surface area (Å²) < 4.78 is 0. The normalized spacial score (nSPS) is 10.6. The Kier molecular flexibility index (Phi) is 3.14. The van der Waals surface area contributed by atoms with Crippen LogP contribution in [0.1, 0.15) is 17.6 Å². The number of nitrogens with one attached hydrogen (secondary N) is 1. The van der Waals surface area contributed by atoms with Crippen molar-refractivity contribution in [2.24, 2.45) is 0 Å². The Balaban J connectivity index is 2.19. The first-order chi connectivity index (χ1) is 7.70. The van der Waals surface area contributed by atoms with E-state index in [0.717, 1.165) is 24.7 Å². The highest BCUT2D eigenvalue weighted by Gasteiger charge is 2.13. The van der Waals surface area contributed by atoms with Crippen molar-refractivity contribution in [3.8, 4) is 0 Å². The second-order valence-corrected chi connectivity index (χ2v) is 4.69. The summed E-state index contributed by atoms with van der Waals surface area (Å²) in [5.74, 6) is 2.36. The average molecular weight is 236 g/mol. The summed E-state index contributed by atoms with van der Waals surface area (Å²) in [4.78, 5) is 10.9. The van der Waals surface area contributed by atoms with Crippen molar-refractivity contribution in [1.29, 1.82) is 0 Å². The van der Waals surface area contributed by atoms with Crippen LogP contribution in [0.15, 0.2) is 17.5 Å². The minimum atomic E-state index is 0.649. The Morgan fingerprint density at radius 1 is 1.56 bits per heavy atom. The number of nitrogens with two attached hydrogens (primary N) is 1. The first kappa shape index (κ1) is 11.0. The van der Waals surface area contributed by atoms with Gasteiger partial charge in [0.2, 0.25) is 0 Å². The molecule has 0 radical (unpaired) electrons. The number of H-pyrrole nitrogens is 1. The van der Waals surface area contributed by atoms with Gasteiger partial charge in [-0.2, -0.15) is 0 Å². The minimum absolute atomic E-state index is 0.649. The molecule has 0 aliphatic carbocycles. The number of aryl methyl sites for hydroxylation is 1. The van der Waals surface area contributed by atoms with Gasteiger partial charge in [0, 0.05) is 11.4 Å². The number of hydrogen-bond donors (Lipinski definition) is 2. The van der Waals surface area contributed by atoms with Gasteiger partial charge in [0.1, 0.15) is 11.6 Å². The maximum Gasteiger partial charge on any atom is 0.171 e. The molecule has 0 saturated carbocycles. The molecule has 2 heterocycles. The summed E-state index contributed by atoms with van der Waals surface area (Å²) in [6, 6.07) is 4.19. The topological polar surface area (TPSA) is 57.9 Å². The number of aromatic nitrogens is 2. The van der Waals surface area contributed by atoms with Crippen LogP contribution >= 0.6 is 11.3 Å². The van der Waals surface area contributed by atoms with Crippen molar-refractivity contribution in [2.75, 3.05) is 17.2 Å². The van der Waals surface area contributed by atoms with Crippen LogP contribution in [0.25, 0.3) is 0 Å². The number of nitrogen functional groups attached to an aromatic ring is 1. The Bertz CT molecular complexity index is 447. The van der Waals surface area contributed by atoms with Gasteiger partial charge in [-0.15, -0.1) is 11.3 Å². The molecule has 16 heavy (non-hydrogen) atoms. The molecule has 3 N–H and O–H groups in total. The second-order valence-electron chi connectivity index (χ2n) is 3.65. The van der Waals surface area contributed by atoms with Gasteiger partial charge in [-0.05, 0) is 25.3 Å². The summed E-state index contributed by atoms with van der Waals surface area (Å²) in [7, 11) is 0. The maximum atomic E-state index is 5.89. The fourth-order valence-electron chi connectivity index (χ4n) is 1.67. The van der Waals surface area contributed by atoms with Gasteiger partial charge in [-0.25, -0.2) is 4.98 Å². The lowest BCUT2D eigenvalue weighted by Crippen LogP contribution is -2.22. The molecular weight excluding hydrogens is 220 g/mol. The highest BCUT2D eigenvalue weighted by molar-refractivity contribution is 7.09. The molecule has 0 amide bonds. The summed E-state index contributed by atoms with van der Waals surface area (Å²) in [6.45, 7) is 5.78. The highest BCUT2D eigenvalue weighted by Crippen LogP contribution is 2.22. The van der Waals surface area contributed by atoms with Crippen LogP contribution in [0.2, 0.25) is 0 Å². The van der Waals surface area contributed by atoms with Crippen LogP contribution in [-0.4, -0.2) is 16.5 Å². The van der Waals surface area contributed by atoms with E-state index >= 15 is 0 Å². The first-order valence-electron chi connectivity index (χ1n) is 5.30. The van der Waals surface area contributed by atoms with E-state index in [2.05, 4.69) is 39.3 Å². The lowest BCUT2D eigenvalue weighted by molar-refractivity contribution is 0.827. The average Bonchev–Trinajstić information content (AvgIpc) is 2.85. The molecule has 0 aliphatic heterocycles. The highest BCUT2D eigenvalue weighted by atomic mass is 32.1. The monoisotopic (exact) mass is 236 g/mol. The van der Waals surface area contributed by atoms with Crippen molar-refractivity contribution < 1.29 is 0 Å². The quantitative estimate of drug-likeness (QED) is 0.857. The molecular formula is C11H16N4S. The summed E-state index contributed by atoms with van der Waals surface area (Å²) in [6.07, 6.45) is 0. The molecule has 0 unspecified atom stereocenters. The number of anilines is 2. The number of hydrogen-bond acceptors (Lipinski definition) is 4. The molecule has 86 valence electrons. The molecule has 0 bridgehead atoms. The molecule has 2 rings (SSSR count). The first-order valence-corrected chi connectivity index (χ1v) is 6.18. The Morgan fingerprint density at radius 3 is 2.88 bits per heavy atom. The zero-order valence-corrected chi connectivity index (χ0v) is 10.3. The fourth-order valence-corrected chi connectivity index (χ4v) is 2.39. The standard InChI is InChI=1S/C11H16N4S/c1-3-15(7-9-5-4-6-16-9)11-10(12)13-8(2)14-11/h4-6H,3,7,12H2,1-2H3,(H,13,14). The molecule has 5 heteroatoms. The van der Waals surface area contributed by atoms with Crippen LogP contribution < -0.4 is 10.6 Å². The minimum Gasteiger partial charge on any atom is -0.382 e. The van der Waals surface area contributed by atoms with Gasteiger partial charge >= 0.3 is 0 Å². The lowest BCUT2D eigenvalue weighted by Gasteiger charge is -2.20. The number of rotatable bonds is 4. The van der Waals surface area contributed by atoms with Gasteiger partial charge in [-0.3, -0.25) is 0 Å². The third-order valence-corrected chi connectivity index (χ3v) is 3.30. The summed E-state index contributed by atoms with van der Waals surface area (Å²) >= 11 is 1.75. The predicted molar refractivity (Wildman–Crippen MR) is 68.8 cm³/mol. The van der Waals surface area contributed by atoms with Crippen molar-refractivity contribution in [3.63, 3.8) is 0 Å². The zero-order valence-electron chi connectivity index (χ0n) is 9.53. The number of aromatic amines is 1. The molecule has 0 fully saturated rings. The molecule has 0 spiro atoms. The Labute approximate surface area is 99.1 Å². The van der Waals surface area contributed by atoms with Gasteiger partial charge in [0.05, 0.1) is 6.54 Å². The molecule has 4 nitrogen and oxygen atoms in total. The zero-order chi connectivity index (χ0) is 11.5. The van der Waals surface area contributed by atoms with Gasteiger partial charge in [-0.1, -0.05) is 6.07 Å². The van der Waals surface area contributed by atoms with Crippen LogP contribution in [0.5, 0.6) is 0 Å². The van der Waals surface area contributed by atoms with Crippen LogP contribution in [0.3, 0.4) is 0 Å². The fraction of sp³-hybridized carbons (Fsp3) is 0.364. The van der Waals surface area contributed by atoms with Crippen molar-refractivity contribution >= 4 is 23.0 Å². The summed E-state index contributed by atoms with van der Waals surface area (Å²) in [5.41, 5.74) is 5.89. The van der Waals surface area contributed by atoms with Crippen LogP contribution in [0.4, 0.5) is 11.6 Å². The lowest BCUT2D eigenvalue weighted by atomic mass is 10.4. The third-order valence-electron chi connectivity index (χ3n) is 2.44. The van der Waals surface area contributed by atoms with Gasteiger partial charge in [0.25, 0.3) is 0 Å². The maximum absolute atomic E-state index is 5.89.